The molecule has 0 atom stereocenters. The number of nitrogen functional groups attached to an aromatic ring is 1. The van der Waals surface area contributed by atoms with Crippen molar-refractivity contribution in [2.24, 2.45) is 0 Å². The van der Waals surface area contributed by atoms with Crippen molar-refractivity contribution < 1.29 is 14.3 Å². The summed E-state index contributed by atoms with van der Waals surface area (Å²) < 4.78 is 13.7. The molecule has 1 heterocycles. The molecule has 3 N–H and O–H groups in total. The third-order valence-corrected chi connectivity index (χ3v) is 1.87. The summed E-state index contributed by atoms with van der Waals surface area (Å²) in [7, 11) is 0. The van der Waals surface area contributed by atoms with Gasteiger partial charge < -0.3 is 10.8 Å². The Bertz CT molecular complexity index is 521. The molecule has 0 aliphatic carbocycles. The van der Waals surface area contributed by atoms with Gasteiger partial charge in [0, 0.05) is 11.5 Å². The van der Waals surface area contributed by atoms with E-state index >= 15 is 0 Å². The Labute approximate surface area is 77.5 Å². The smallest absolute Gasteiger partial charge is 0.432 e. The van der Waals surface area contributed by atoms with Crippen LogP contribution >= 0.6 is 0 Å². The zero-order valence-corrected chi connectivity index (χ0v) is 6.94. The number of carbonyl (C=O) groups is 1. The highest BCUT2D eigenvalue weighted by atomic mass is 19.1. The largest absolute Gasteiger partial charge is 0.463 e. The van der Waals surface area contributed by atoms with Gasteiger partial charge in [0.15, 0.2) is 0 Å². The van der Waals surface area contributed by atoms with E-state index in [4.69, 9.17) is 10.8 Å². The molecule has 6 heteroatoms. The minimum absolute atomic E-state index is 0.0255. The standard InChI is InChI=1S/C8H6FN3O2/c9-5-2-7-4(1-6(5)10)3-11-12(7)8(13)14/h1-3H,10H2,(H,13,14). The van der Waals surface area contributed by atoms with E-state index in [1.807, 2.05) is 0 Å². The fourth-order valence-corrected chi connectivity index (χ4v) is 1.22. The first-order valence-electron chi connectivity index (χ1n) is 3.75. The molecule has 0 spiro atoms. The number of rotatable bonds is 0. The minimum atomic E-state index is -1.26. The van der Waals surface area contributed by atoms with Crippen molar-refractivity contribution in [3.8, 4) is 0 Å². The van der Waals surface area contributed by atoms with Gasteiger partial charge in [0.25, 0.3) is 0 Å². The predicted octanol–water partition coefficient (Wildman–Crippen LogP) is 1.28. The summed E-state index contributed by atoms with van der Waals surface area (Å²) in [6.45, 7) is 0. The van der Waals surface area contributed by atoms with Gasteiger partial charge in [0.1, 0.15) is 5.82 Å². The van der Waals surface area contributed by atoms with Crippen molar-refractivity contribution in [1.82, 2.24) is 9.78 Å². The molecule has 72 valence electrons. The van der Waals surface area contributed by atoms with Gasteiger partial charge >= 0.3 is 6.09 Å². The molecule has 14 heavy (non-hydrogen) atoms. The van der Waals surface area contributed by atoms with E-state index < -0.39 is 11.9 Å². The Kier molecular flexibility index (Phi) is 1.63. The van der Waals surface area contributed by atoms with Crippen LogP contribution in [0, 0.1) is 5.82 Å². The van der Waals surface area contributed by atoms with Gasteiger partial charge in [-0.05, 0) is 6.07 Å². The number of aromatic nitrogens is 2. The SMILES string of the molecule is Nc1cc2cnn(C(=O)O)c2cc1F. The average molecular weight is 195 g/mol. The third kappa shape index (κ3) is 1.08. The summed E-state index contributed by atoms with van der Waals surface area (Å²) in [5.41, 5.74) is 5.47. The van der Waals surface area contributed by atoms with Crippen LogP contribution in [0.2, 0.25) is 0 Å². The van der Waals surface area contributed by atoms with E-state index in [0.717, 1.165) is 6.07 Å². The van der Waals surface area contributed by atoms with Gasteiger partial charge in [-0.1, -0.05) is 0 Å². The topological polar surface area (TPSA) is 81.1 Å². The number of fused-ring (bicyclic) bond motifs is 1. The number of hydrogen-bond acceptors (Lipinski definition) is 3. The van der Waals surface area contributed by atoms with Crippen LogP contribution in [-0.2, 0) is 0 Å². The maximum absolute atomic E-state index is 13.0. The number of hydrogen-bond donors (Lipinski definition) is 2. The van der Waals surface area contributed by atoms with E-state index in [1.54, 1.807) is 0 Å². The lowest BCUT2D eigenvalue weighted by atomic mass is 10.2. The summed E-state index contributed by atoms with van der Waals surface area (Å²) in [6, 6.07) is 2.39. The molecule has 2 rings (SSSR count). The summed E-state index contributed by atoms with van der Waals surface area (Å²) in [5.74, 6) is -0.652. The van der Waals surface area contributed by atoms with E-state index in [1.165, 1.54) is 12.3 Å². The summed E-state index contributed by atoms with van der Waals surface area (Å²) in [4.78, 5) is 10.6. The van der Waals surface area contributed by atoms with Crippen molar-refractivity contribution in [2.75, 3.05) is 5.73 Å². The molecule has 0 radical (unpaired) electrons. The molecule has 0 saturated carbocycles. The molecule has 0 bridgehead atoms. The van der Waals surface area contributed by atoms with E-state index in [-0.39, 0.29) is 11.2 Å². The summed E-state index contributed by atoms with van der Waals surface area (Å²) in [6.07, 6.45) is 0.0587. The molecule has 0 fully saturated rings. The molecule has 0 saturated heterocycles. The molecule has 0 aliphatic rings. The quantitative estimate of drug-likeness (QED) is 0.620. The van der Waals surface area contributed by atoms with Gasteiger partial charge in [-0.25, -0.2) is 9.18 Å². The minimum Gasteiger partial charge on any atom is -0.463 e. The van der Waals surface area contributed by atoms with Crippen molar-refractivity contribution in [3.63, 3.8) is 0 Å². The molecule has 1 aromatic carbocycles. The Hall–Kier alpha value is -2.11. The second-order valence-corrected chi connectivity index (χ2v) is 2.77. The number of anilines is 1. The average Bonchev–Trinajstić information content (AvgIpc) is 2.48. The molecule has 1 aromatic heterocycles. The van der Waals surface area contributed by atoms with Crippen LogP contribution in [0.4, 0.5) is 14.9 Å². The Morgan fingerprint density at radius 3 is 2.93 bits per heavy atom. The third-order valence-electron chi connectivity index (χ3n) is 1.87. The normalized spacial score (nSPS) is 10.6. The van der Waals surface area contributed by atoms with Gasteiger partial charge in [0.2, 0.25) is 0 Å². The Balaban J connectivity index is 2.80. The molecule has 0 amide bonds. The molecule has 0 unspecified atom stereocenters. The van der Waals surface area contributed by atoms with E-state index in [9.17, 15) is 9.18 Å². The highest BCUT2D eigenvalue weighted by molar-refractivity contribution is 5.88. The lowest BCUT2D eigenvalue weighted by Crippen LogP contribution is -2.09. The van der Waals surface area contributed by atoms with E-state index in [0.29, 0.717) is 10.1 Å². The van der Waals surface area contributed by atoms with Crippen molar-refractivity contribution >= 4 is 22.7 Å². The molecule has 5 nitrogen and oxygen atoms in total. The van der Waals surface area contributed by atoms with Crippen molar-refractivity contribution in [2.45, 2.75) is 0 Å². The second kappa shape index (κ2) is 2.69. The predicted molar refractivity (Wildman–Crippen MR) is 47.5 cm³/mol. The van der Waals surface area contributed by atoms with Crippen molar-refractivity contribution in [1.29, 1.82) is 0 Å². The maximum Gasteiger partial charge on any atom is 0.432 e. The highest BCUT2D eigenvalue weighted by Crippen LogP contribution is 2.20. The van der Waals surface area contributed by atoms with Crippen molar-refractivity contribution in [3.05, 3.63) is 24.1 Å². The first-order chi connectivity index (χ1) is 6.59. The maximum atomic E-state index is 13.0. The molecule has 0 aliphatic heterocycles. The number of benzene rings is 1. The lowest BCUT2D eigenvalue weighted by molar-refractivity contribution is 0.194. The second-order valence-electron chi connectivity index (χ2n) is 2.77. The molecular weight excluding hydrogens is 189 g/mol. The summed E-state index contributed by atoms with van der Waals surface area (Å²) in [5, 5.41) is 12.7. The highest BCUT2D eigenvalue weighted by Gasteiger charge is 2.10. The van der Waals surface area contributed by atoms with Crippen LogP contribution in [0.1, 0.15) is 0 Å². The van der Waals surface area contributed by atoms with Gasteiger partial charge in [0.05, 0.1) is 17.4 Å². The number of nitrogens with zero attached hydrogens (tertiary/aromatic N) is 2. The van der Waals surface area contributed by atoms with E-state index in [2.05, 4.69) is 5.10 Å². The lowest BCUT2D eigenvalue weighted by Gasteiger charge is -1.98. The number of nitrogens with two attached hydrogens (primary N) is 1. The molecule has 2 aromatic rings. The number of halogens is 1. The van der Waals surface area contributed by atoms with Crippen LogP contribution in [0.25, 0.3) is 10.9 Å². The first-order valence-corrected chi connectivity index (χ1v) is 3.75. The van der Waals surface area contributed by atoms with Gasteiger partial charge in [-0.3, -0.25) is 0 Å². The monoisotopic (exact) mass is 195 g/mol. The van der Waals surface area contributed by atoms with Crippen LogP contribution in [-0.4, -0.2) is 21.0 Å². The first kappa shape index (κ1) is 8.49. The zero-order chi connectivity index (χ0) is 10.3. The van der Waals surface area contributed by atoms with Gasteiger partial charge in [-0.2, -0.15) is 9.78 Å². The zero-order valence-electron chi connectivity index (χ0n) is 6.94. The fourth-order valence-electron chi connectivity index (χ4n) is 1.22. The number of carboxylic acid groups (broad SMARTS) is 1. The van der Waals surface area contributed by atoms with Crippen LogP contribution in [0.3, 0.4) is 0 Å². The molecular formula is C8H6FN3O2. The van der Waals surface area contributed by atoms with Crippen LogP contribution < -0.4 is 5.73 Å². The van der Waals surface area contributed by atoms with Crippen LogP contribution in [0.15, 0.2) is 18.3 Å². The Morgan fingerprint density at radius 1 is 1.57 bits per heavy atom. The summed E-state index contributed by atoms with van der Waals surface area (Å²) >= 11 is 0. The fraction of sp³-hybridized carbons (Fsp3) is 0. The van der Waals surface area contributed by atoms with Crippen LogP contribution in [0.5, 0.6) is 0 Å². The Morgan fingerprint density at radius 2 is 2.29 bits per heavy atom. The van der Waals surface area contributed by atoms with Gasteiger partial charge in [-0.15, -0.1) is 0 Å².